The van der Waals surface area contributed by atoms with Gasteiger partial charge in [0.2, 0.25) is 0 Å². The molecule has 0 N–H and O–H groups in total. The van der Waals surface area contributed by atoms with Crippen LogP contribution in [0.5, 0.6) is 0 Å². The number of hydrogen-bond acceptors (Lipinski definition) is 4. The maximum Gasteiger partial charge on any atom is 0.140 e. The molecule has 1 rings (SSSR count). The third-order valence-electron chi connectivity index (χ3n) is 0.970. The molecule has 1 aromatic heterocycles. The minimum Gasteiger partial charge on any atom is -0.399 e. The summed E-state index contributed by atoms with van der Waals surface area (Å²) >= 11 is 1.55. The van der Waals surface area contributed by atoms with Gasteiger partial charge in [0.1, 0.15) is 17.8 Å². The van der Waals surface area contributed by atoms with Gasteiger partial charge in [-0.05, 0) is 6.92 Å². The van der Waals surface area contributed by atoms with Crippen LogP contribution in [0, 0.1) is 0 Å². The third-order valence-corrected chi connectivity index (χ3v) is 1.85. The monoisotopic (exact) mass is 156 g/mol. The first-order valence-electron chi connectivity index (χ1n) is 2.82. The highest BCUT2D eigenvalue weighted by molar-refractivity contribution is 7.11. The highest BCUT2D eigenvalue weighted by atomic mass is 32.1. The third kappa shape index (κ3) is 1.54. The molecule has 3 nitrogen and oxygen atoms in total. The Morgan fingerprint density at radius 2 is 2.60 bits per heavy atom. The maximum atomic E-state index is 4.58. The molecule has 0 bridgehead atoms. The molecule has 10 heavy (non-hydrogen) atoms. The van der Waals surface area contributed by atoms with Crippen molar-refractivity contribution in [3.8, 4) is 0 Å². The van der Waals surface area contributed by atoms with Gasteiger partial charge < -0.3 is 4.84 Å². The van der Waals surface area contributed by atoms with E-state index in [1.54, 1.807) is 17.5 Å². The van der Waals surface area contributed by atoms with Crippen LogP contribution in [-0.4, -0.2) is 17.8 Å². The van der Waals surface area contributed by atoms with Crippen LogP contribution in [0.25, 0.3) is 0 Å². The van der Waals surface area contributed by atoms with Crippen molar-refractivity contribution in [1.29, 1.82) is 0 Å². The Balaban J connectivity index is 2.77. The standard InChI is InChI=1S/C6H8N2OS/c1-5(8-9-2)6-7-3-4-10-6/h3-4H,1-2H3. The number of rotatable bonds is 2. The molecule has 0 spiro atoms. The van der Waals surface area contributed by atoms with Crippen molar-refractivity contribution in [3.05, 3.63) is 16.6 Å². The van der Waals surface area contributed by atoms with Crippen molar-refractivity contribution in [2.45, 2.75) is 6.92 Å². The molecule has 0 aliphatic heterocycles. The highest BCUT2D eigenvalue weighted by Gasteiger charge is 1.98. The van der Waals surface area contributed by atoms with Crippen molar-refractivity contribution in [2.75, 3.05) is 7.11 Å². The minimum atomic E-state index is 0.817. The molecule has 0 aliphatic carbocycles. The number of aromatic nitrogens is 1. The molecule has 0 saturated heterocycles. The largest absolute Gasteiger partial charge is 0.399 e. The Morgan fingerprint density at radius 1 is 1.80 bits per heavy atom. The fourth-order valence-corrected chi connectivity index (χ4v) is 1.16. The Morgan fingerprint density at radius 3 is 3.10 bits per heavy atom. The molecule has 0 unspecified atom stereocenters. The molecule has 0 aliphatic rings. The molecule has 0 saturated carbocycles. The molecule has 0 fully saturated rings. The second-order valence-electron chi connectivity index (χ2n) is 1.70. The maximum absolute atomic E-state index is 4.58. The minimum absolute atomic E-state index is 0.817. The number of thiazole rings is 1. The predicted molar refractivity (Wildman–Crippen MR) is 41.3 cm³/mol. The predicted octanol–water partition coefficient (Wildman–Crippen LogP) is 1.51. The fourth-order valence-electron chi connectivity index (χ4n) is 0.578. The average molecular weight is 156 g/mol. The van der Waals surface area contributed by atoms with Gasteiger partial charge in [0.15, 0.2) is 0 Å². The van der Waals surface area contributed by atoms with Gasteiger partial charge in [-0.15, -0.1) is 11.3 Å². The summed E-state index contributed by atoms with van der Waals surface area (Å²) < 4.78 is 0. The van der Waals surface area contributed by atoms with E-state index in [1.807, 2.05) is 12.3 Å². The van der Waals surface area contributed by atoms with Crippen molar-refractivity contribution in [1.82, 2.24) is 4.98 Å². The Labute approximate surface area is 63.3 Å². The molecular weight excluding hydrogens is 148 g/mol. The molecule has 54 valence electrons. The zero-order valence-corrected chi connectivity index (χ0v) is 6.68. The van der Waals surface area contributed by atoms with Crippen molar-refractivity contribution >= 4 is 17.0 Å². The van der Waals surface area contributed by atoms with Gasteiger partial charge in [0.05, 0.1) is 0 Å². The van der Waals surface area contributed by atoms with E-state index in [2.05, 4.69) is 15.0 Å². The Hall–Kier alpha value is -0.900. The summed E-state index contributed by atoms with van der Waals surface area (Å²) in [6, 6.07) is 0. The van der Waals surface area contributed by atoms with Gasteiger partial charge in [-0.25, -0.2) is 4.98 Å². The fraction of sp³-hybridized carbons (Fsp3) is 0.333. The number of hydrogen-bond donors (Lipinski definition) is 0. The summed E-state index contributed by atoms with van der Waals surface area (Å²) in [7, 11) is 1.52. The lowest BCUT2D eigenvalue weighted by molar-refractivity contribution is 0.213. The van der Waals surface area contributed by atoms with Crippen molar-refractivity contribution < 1.29 is 4.84 Å². The SMILES string of the molecule is CON=C(C)c1nccs1. The smallest absolute Gasteiger partial charge is 0.140 e. The van der Waals surface area contributed by atoms with E-state index in [-0.39, 0.29) is 0 Å². The topological polar surface area (TPSA) is 34.5 Å². The van der Waals surface area contributed by atoms with Crippen LogP contribution in [-0.2, 0) is 4.84 Å². The Bertz CT molecular complexity index is 218. The molecule has 0 atom stereocenters. The lowest BCUT2D eigenvalue weighted by atomic mass is 10.5. The van der Waals surface area contributed by atoms with Crippen LogP contribution >= 0.6 is 11.3 Å². The van der Waals surface area contributed by atoms with E-state index in [1.165, 1.54) is 7.11 Å². The van der Waals surface area contributed by atoms with Crippen LogP contribution in [0.1, 0.15) is 11.9 Å². The van der Waals surface area contributed by atoms with Gasteiger partial charge in [-0.3, -0.25) is 0 Å². The van der Waals surface area contributed by atoms with Gasteiger partial charge in [0, 0.05) is 11.6 Å². The summed E-state index contributed by atoms with van der Waals surface area (Å²) in [5.74, 6) is 0. The Kier molecular flexibility index (Phi) is 2.39. The summed E-state index contributed by atoms with van der Waals surface area (Å²) in [5, 5.41) is 6.54. The summed E-state index contributed by atoms with van der Waals surface area (Å²) in [6.07, 6.45) is 1.74. The molecule has 1 aromatic rings. The van der Waals surface area contributed by atoms with E-state index in [0.717, 1.165) is 10.7 Å². The molecule has 1 heterocycles. The van der Waals surface area contributed by atoms with Crippen LogP contribution in [0.2, 0.25) is 0 Å². The number of oxime groups is 1. The van der Waals surface area contributed by atoms with Crippen molar-refractivity contribution in [2.24, 2.45) is 5.16 Å². The highest BCUT2D eigenvalue weighted by Crippen LogP contribution is 2.04. The van der Waals surface area contributed by atoms with Gasteiger partial charge in [0.25, 0.3) is 0 Å². The van der Waals surface area contributed by atoms with E-state index < -0.39 is 0 Å². The zero-order chi connectivity index (χ0) is 7.40. The van der Waals surface area contributed by atoms with Crippen LogP contribution in [0.4, 0.5) is 0 Å². The zero-order valence-electron chi connectivity index (χ0n) is 5.87. The van der Waals surface area contributed by atoms with E-state index in [0.29, 0.717) is 0 Å². The molecule has 0 aromatic carbocycles. The van der Waals surface area contributed by atoms with Crippen LogP contribution < -0.4 is 0 Å². The van der Waals surface area contributed by atoms with Crippen LogP contribution in [0.3, 0.4) is 0 Å². The molecular formula is C6H8N2OS. The second kappa shape index (κ2) is 3.31. The quantitative estimate of drug-likeness (QED) is 0.480. The lowest BCUT2D eigenvalue weighted by Crippen LogP contribution is -1.92. The lowest BCUT2D eigenvalue weighted by Gasteiger charge is -1.90. The van der Waals surface area contributed by atoms with Crippen molar-refractivity contribution in [3.63, 3.8) is 0 Å². The summed E-state index contributed by atoms with van der Waals surface area (Å²) in [4.78, 5) is 8.62. The first kappa shape index (κ1) is 7.21. The summed E-state index contributed by atoms with van der Waals surface area (Å²) in [5.41, 5.74) is 0.817. The summed E-state index contributed by atoms with van der Waals surface area (Å²) in [6.45, 7) is 1.86. The second-order valence-corrected chi connectivity index (χ2v) is 2.59. The molecule has 0 radical (unpaired) electrons. The first-order valence-corrected chi connectivity index (χ1v) is 3.70. The van der Waals surface area contributed by atoms with Gasteiger partial charge >= 0.3 is 0 Å². The molecule has 0 amide bonds. The van der Waals surface area contributed by atoms with Gasteiger partial charge in [-0.2, -0.15) is 0 Å². The average Bonchev–Trinajstić information content (AvgIpc) is 2.38. The van der Waals surface area contributed by atoms with E-state index in [9.17, 15) is 0 Å². The first-order chi connectivity index (χ1) is 4.84. The molecule has 4 heteroatoms. The van der Waals surface area contributed by atoms with Crippen LogP contribution in [0.15, 0.2) is 16.7 Å². The number of nitrogens with zero attached hydrogens (tertiary/aromatic N) is 2. The van der Waals surface area contributed by atoms with E-state index in [4.69, 9.17) is 0 Å². The van der Waals surface area contributed by atoms with Gasteiger partial charge in [-0.1, -0.05) is 5.16 Å². The van der Waals surface area contributed by atoms with E-state index >= 15 is 0 Å². The normalized spacial score (nSPS) is 11.6.